The smallest absolute Gasteiger partial charge is 0.301 e. The second-order valence-corrected chi connectivity index (χ2v) is 6.51. The number of hydrogen-bond donors (Lipinski definition) is 2. The highest BCUT2D eigenvalue weighted by molar-refractivity contribution is 5.79. The summed E-state index contributed by atoms with van der Waals surface area (Å²) >= 11 is 0. The predicted molar refractivity (Wildman–Crippen MR) is 94.5 cm³/mol. The van der Waals surface area contributed by atoms with Crippen molar-refractivity contribution in [3.63, 3.8) is 0 Å². The Bertz CT molecular complexity index is 1070. The van der Waals surface area contributed by atoms with E-state index in [4.69, 9.17) is 11.0 Å². The molecule has 0 aliphatic heterocycles. The van der Waals surface area contributed by atoms with Crippen LogP contribution >= 0.6 is 0 Å². The fourth-order valence-electron chi connectivity index (χ4n) is 3.40. The molecule has 0 amide bonds. The number of pyridine rings is 2. The minimum Gasteiger partial charge on any atom is -0.396 e. The van der Waals surface area contributed by atoms with Gasteiger partial charge < -0.3 is 10.6 Å². The Morgan fingerprint density at radius 3 is 2.69 bits per heavy atom. The summed E-state index contributed by atoms with van der Waals surface area (Å²) in [6.07, 6.45) is 3.66. The van der Waals surface area contributed by atoms with Crippen molar-refractivity contribution in [2.45, 2.75) is 25.7 Å². The van der Waals surface area contributed by atoms with Crippen molar-refractivity contribution in [1.82, 2.24) is 4.40 Å². The Labute approximate surface area is 148 Å². The maximum Gasteiger partial charge on any atom is 0.301 e. The Morgan fingerprint density at radius 2 is 2.04 bits per heavy atom. The molecule has 3 aromatic rings. The fraction of sp³-hybridized carbons (Fsp3) is 0.211. The third-order valence-electron chi connectivity index (χ3n) is 4.83. The van der Waals surface area contributed by atoms with Crippen LogP contribution in [0.25, 0.3) is 16.6 Å². The first-order valence-electron chi connectivity index (χ1n) is 8.23. The van der Waals surface area contributed by atoms with Crippen LogP contribution in [-0.4, -0.2) is 9.66 Å². The van der Waals surface area contributed by atoms with E-state index in [1.54, 1.807) is 30.5 Å². The fourth-order valence-corrected chi connectivity index (χ4v) is 3.40. The number of anilines is 1. The number of halogens is 1. The predicted octanol–water partition coefficient (Wildman–Crippen LogP) is 3.66. The molecule has 0 radical (unpaired) electrons. The Kier molecular flexibility index (Phi) is 3.90. The monoisotopic (exact) mass is 356 g/mol. The number of nitrogens with zero attached hydrogens (tertiary/aromatic N) is 1. The molecular weight excluding hydrogens is 339 g/mol. The summed E-state index contributed by atoms with van der Waals surface area (Å²) in [7, 11) is 0. The molecule has 1 aliphatic rings. The zero-order valence-electron chi connectivity index (χ0n) is 14.0. The van der Waals surface area contributed by atoms with Crippen LogP contribution in [0.5, 0.6) is 5.75 Å². The van der Waals surface area contributed by atoms with Crippen molar-refractivity contribution in [2.75, 3.05) is 5.73 Å². The van der Waals surface area contributed by atoms with Gasteiger partial charge in [0, 0.05) is 6.20 Å². The summed E-state index contributed by atoms with van der Waals surface area (Å²) in [5, 5.41) is 12.2. The van der Waals surface area contributed by atoms with Gasteiger partial charge in [0.05, 0.1) is 11.2 Å². The number of aromatic nitrogens is 1. The molecule has 1 fully saturated rings. The van der Waals surface area contributed by atoms with Crippen LogP contribution in [0.3, 0.4) is 0 Å². The van der Waals surface area contributed by atoms with E-state index in [-0.39, 0.29) is 11.4 Å². The van der Waals surface area contributed by atoms with Crippen LogP contribution < -0.4 is 16.2 Å². The second kappa shape index (κ2) is 6.12. The molecule has 0 atom stereocenters. The average molecular weight is 356 g/mol. The SMILES string of the molecule is Cc1c(-c2ccc(F)c(N)c2)ccn2c(=O)c(OOO)cc(C3CC3)c12. The first kappa shape index (κ1) is 16.6. The van der Waals surface area contributed by atoms with Crippen LogP contribution in [0.1, 0.15) is 29.9 Å². The van der Waals surface area contributed by atoms with Gasteiger partial charge in [-0.25, -0.2) is 9.65 Å². The molecule has 1 aromatic carbocycles. The van der Waals surface area contributed by atoms with Crippen LogP contribution in [0.4, 0.5) is 10.1 Å². The second-order valence-electron chi connectivity index (χ2n) is 6.51. The zero-order valence-corrected chi connectivity index (χ0v) is 14.0. The Morgan fingerprint density at radius 1 is 1.27 bits per heavy atom. The zero-order chi connectivity index (χ0) is 18.4. The van der Waals surface area contributed by atoms with Crippen molar-refractivity contribution >= 4 is 11.2 Å². The first-order chi connectivity index (χ1) is 12.5. The molecule has 0 saturated heterocycles. The molecule has 4 rings (SSSR count). The molecule has 3 N–H and O–H groups in total. The molecule has 0 spiro atoms. The Balaban J connectivity index is 2.00. The Hall–Kier alpha value is -2.90. The first-order valence-corrected chi connectivity index (χ1v) is 8.23. The third kappa shape index (κ3) is 2.61. The lowest BCUT2D eigenvalue weighted by Crippen LogP contribution is -2.18. The number of hydrogen-bond acceptors (Lipinski definition) is 5. The summed E-state index contributed by atoms with van der Waals surface area (Å²) in [5.41, 5.74) is 9.59. The minimum absolute atomic E-state index is 0.0745. The van der Waals surface area contributed by atoms with Crippen molar-refractivity contribution in [1.29, 1.82) is 0 Å². The van der Waals surface area contributed by atoms with Crippen LogP contribution in [0.15, 0.2) is 41.3 Å². The van der Waals surface area contributed by atoms with E-state index in [2.05, 4.69) is 9.93 Å². The van der Waals surface area contributed by atoms with Gasteiger partial charge in [-0.15, -0.1) is 0 Å². The third-order valence-corrected chi connectivity index (χ3v) is 4.83. The molecule has 26 heavy (non-hydrogen) atoms. The summed E-state index contributed by atoms with van der Waals surface area (Å²) in [6, 6.07) is 7.96. The summed E-state index contributed by atoms with van der Waals surface area (Å²) in [4.78, 5) is 17.2. The standard InChI is InChI=1S/C19H17FN2O4/c1-10-13(12-4-5-15(20)16(21)8-12)6-7-22-18(10)14(11-2-3-11)9-17(19(22)23)25-26-24/h4-9,11,24H,2-3,21H2,1H3. The molecule has 2 aromatic heterocycles. The van der Waals surface area contributed by atoms with E-state index in [0.717, 1.165) is 40.6 Å². The maximum absolute atomic E-state index is 13.5. The quantitative estimate of drug-likeness (QED) is 0.423. The van der Waals surface area contributed by atoms with Gasteiger partial charge >= 0.3 is 5.56 Å². The number of aryl methyl sites for hydroxylation is 1. The van der Waals surface area contributed by atoms with E-state index in [1.165, 1.54) is 10.5 Å². The lowest BCUT2D eigenvalue weighted by molar-refractivity contribution is -0.439. The van der Waals surface area contributed by atoms with Gasteiger partial charge in [-0.2, -0.15) is 0 Å². The molecular formula is C19H17FN2O4. The van der Waals surface area contributed by atoms with Crippen molar-refractivity contribution in [2.24, 2.45) is 0 Å². The number of rotatable bonds is 4. The van der Waals surface area contributed by atoms with Gasteiger partial charge in [0.25, 0.3) is 0 Å². The molecule has 6 nitrogen and oxygen atoms in total. The molecule has 1 saturated carbocycles. The molecule has 134 valence electrons. The van der Waals surface area contributed by atoms with Crippen LogP contribution in [0.2, 0.25) is 0 Å². The number of benzene rings is 1. The number of nitrogen functional groups attached to an aromatic ring is 1. The molecule has 0 unspecified atom stereocenters. The highest BCUT2D eigenvalue weighted by atomic mass is 19.1. The van der Waals surface area contributed by atoms with E-state index < -0.39 is 11.4 Å². The van der Waals surface area contributed by atoms with Crippen LogP contribution in [0, 0.1) is 12.7 Å². The van der Waals surface area contributed by atoms with Gasteiger partial charge in [-0.05, 0) is 77.2 Å². The highest BCUT2D eigenvalue weighted by Gasteiger charge is 2.29. The molecule has 1 aliphatic carbocycles. The van der Waals surface area contributed by atoms with Crippen LogP contribution in [-0.2, 0) is 5.04 Å². The van der Waals surface area contributed by atoms with Crippen molar-refractivity contribution < 1.29 is 19.6 Å². The normalized spacial score (nSPS) is 14.0. The lowest BCUT2D eigenvalue weighted by atomic mass is 9.97. The summed E-state index contributed by atoms with van der Waals surface area (Å²) in [6.45, 7) is 1.92. The average Bonchev–Trinajstić information content (AvgIpc) is 3.45. The summed E-state index contributed by atoms with van der Waals surface area (Å²) < 4.78 is 15.0. The van der Waals surface area contributed by atoms with Gasteiger partial charge in [0.15, 0.2) is 0 Å². The number of fused-ring (bicyclic) bond motifs is 1. The van der Waals surface area contributed by atoms with E-state index in [0.29, 0.717) is 5.92 Å². The lowest BCUT2D eigenvalue weighted by Gasteiger charge is -2.15. The minimum atomic E-state index is -0.465. The van der Waals surface area contributed by atoms with Gasteiger partial charge in [-0.3, -0.25) is 9.20 Å². The topological polar surface area (TPSA) is 86.2 Å². The van der Waals surface area contributed by atoms with Gasteiger partial charge in [0.1, 0.15) is 5.82 Å². The molecule has 2 heterocycles. The van der Waals surface area contributed by atoms with E-state index in [1.807, 2.05) is 6.92 Å². The van der Waals surface area contributed by atoms with Gasteiger partial charge in [-0.1, -0.05) is 6.07 Å². The van der Waals surface area contributed by atoms with Crippen molar-refractivity contribution in [3.8, 4) is 16.9 Å². The largest absolute Gasteiger partial charge is 0.396 e. The highest BCUT2D eigenvalue weighted by Crippen LogP contribution is 2.44. The molecule has 7 heteroatoms. The summed E-state index contributed by atoms with van der Waals surface area (Å²) in [5.74, 6) is -0.225. The number of nitrogens with two attached hydrogens (primary N) is 1. The van der Waals surface area contributed by atoms with Gasteiger partial charge in [0.2, 0.25) is 5.75 Å². The molecule has 0 bridgehead atoms. The van der Waals surface area contributed by atoms with E-state index in [9.17, 15) is 9.18 Å². The van der Waals surface area contributed by atoms with Crippen molar-refractivity contribution in [3.05, 3.63) is 63.8 Å². The maximum atomic E-state index is 13.5. The van der Waals surface area contributed by atoms with E-state index >= 15 is 0 Å².